The molecule has 1 heterocycles. The number of rotatable bonds is 2. The Hall–Kier alpha value is -1.38. The lowest BCUT2D eigenvalue weighted by Gasteiger charge is -2.36. The molecule has 0 saturated heterocycles. The van der Waals surface area contributed by atoms with Gasteiger partial charge in [-0.3, -0.25) is 0 Å². The number of ether oxygens (including phenoxy) is 1. The van der Waals surface area contributed by atoms with Gasteiger partial charge in [0.2, 0.25) is 0 Å². The Morgan fingerprint density at radius 3 is 2.94 bits per heavy atom. The molecule has 2 N–H and O–H groups in total. The number of nitrogens with zero attached hydrogens (tertiary/aromatic N) is 1. The van der Waals surface area contributed by atoms with E-state index in [4.69, 9.17) is 10.5 Å². The SMILES string of the molecule is CC(C)CN1CC(C)Oc2cccc(N)c21. The zero-order chi connectivity index (χ0) is 11.7. The number of anilines is 2. The van der Waals surface area contributed by atoms with Crippen LogP contribution in [0, 0.1) is 5.92 Å². The molecular weight excluding hydrogens is 200 g/mol. The molecule has 2 rings (SSSR count). The van der Waals surface area contributed by atoms with Crippen LogP contribution in [-0.4, -0.2) is 19.2 Å². The topological polar surface area (TPSA) is 38.5 Å². The van der Waals surface area contributed by atoms with Crippen LogP contribution < -0.4 is 15.4 Å². The van der Waals surface area contributed by atoms with Gasteiger partial charge in [-0.05, 0) is 25.0 Å². The van der Waals surface area contributed by atoms with Crippen molar-refractivity contribution in [3.8, 4) is 5.75 Å². The zero-order valence-corrected chi connectivity index (χ0v) is 10.2. The standard InChI is InChI=1S/C13H20N2O/c1-9(2)7-15-8-10(3)16-12-6-4-5-11(14)13(12)15/h4-6,9-10H,7-8,14H2,1-3H3. The van der Waals surface area contributed by atoms with Crippen LogP contribution in [0.5, 0.6) is 5.75 Å². The first-order valence-electron chi connectivity index (χ1n) is 5.88. The Morgan fingerprint density at radius 1 is 1.50 bits per heavy atom. The highest BCUT2D eigenvalue weighted by Crippen LogP contribution is 2.38. The van der Waals surface area contributed by atoms with Crippen molar-refractivity contribution in [3.63, 3.8) is 0 Å². The van der Waals surface area contributed by atoms with E-state index in [1.54, 1.807) is 0 Å². The summed E-state index contributed by atoms with van der Waals surface area (Å²) >= 11 is 0. The fraction of sp³-hybridized carbons (Fsp3) is 0.538. The van der Waals surface area contributed by atoms with Crippen LogP contribution in [0.4, 0.5) is 11.4 Å². The van der Waals surface area contributed by atoms with Gasteiger partial charge in [0.1, 0.15) is 17.5 Å². The number of benzene rings is 1. The maximum Gasteiger partial charge on any atom is 0.145 e. The minimum Gasteiger partial charge on any atom is -0.487 e. The van der Waals surface area contributed by atoms with E-state index in [9.17, 15) is 0 Å². The van der Waals surface area contributed by atoms with E-state index in [1.165, 1.54) is 0 Å². The number of fused-ring (bicyclic) bond motifs is 1. The lowest BCUT2D eigenvalue weighted by Crippen LogP contribution is -2.40. The van der Waals surface area contributed by atoms with E-state index in [0.29, 0.717) is 5.92 Å². The molecule has 0 fully saturated rings. The third-order valence-electron chi connectivity index (χ3n) is 2.74. The molecule has 0 saturated carbocycles. The third kappa shape index (κ3) is 2.08. The van der Waals surface area contributed by atoms with Gasteiger partial charge in [-0.2, -0.15) is 0 Å². The molecule has 1 aliphatic rings. The largest absolute Gasteiger partial charge is 0.487 e. The fourth-order valence-corrected chi connectivity index (χ4v) is 2.24. The van der Waals surface area contributed by atoms with Gasteiger partial charge in [0.15, 0.2) is 0 Å². The number of para-hydroxylation sites is 1. The van der Waals surface area contributed by atoms with Gasteiger partial charge in [-0.25, -0.2) is 0 Å². The molecule has 1 aromatic carbocycles. The van der Waals surface area contributed by atoms with Gasteiger partial charge >= 0.3 is 0 Å². The molecule has 88 valence electrons. The Morgan fingerprint density at radius 2 is 2.25 bits per heavy atom. The lowest BCUT2D eigenvalue weighted by atomic mass is 10.1. The Labute approximate surface area is 97.2 Å². The summed E-state index contributed by atoms with van der Waals surface area (Å²) in [6.07, 6.45) is 0.230. The minimum absolute atomic E-state index is 0.230. The summed E-state index contributed by atoms with van der Waals surface area (Å²) in [5.74, 6) is 1.54. The number of nitrogen functional groups attached to an aromatic ring is 1. The normalized spacial score (nSPS) is 19.5. The van der Waals surface area contributed by atoms with Crippen LogP contribution in [0.15, 0.2) is 18.2 Å². The fourth-order valence-electron chi connectivity index (χ4n) is 2.24. The number of hydrogen-bond acceptors (Lipinski definition) is 3. The number of hydrogen-bond donors (Lipinski definition) is 1. The van der Waals surface area contributed by atoms with Gasteiger partial charge in [0.25, 0.3) is 0 Å². The Kier molecular flexibility index (Phi) is 2.95. The second-order valence-electron chi connectivity index (χ2n) is 4.92. The van der Waals surface area contributed by atoms with Crippen LogP contribution >= 0.6 is 0 Å². The molecule has 0 aliphatic carbocycles. The summed E-state index contributed by atoms with van der Waals surface area (Å²) in [4.78, 5) is 2.34. The molecule has 1 aromatic rings. The summed E-state index contributed by atoms with van der Waals surface area (Å²) in [6, 6.07) is 5.87. The van der Waals surface area contributed by atoms with Crippen LogP contribution in [-0.2, 0) is 0 Å². The monoisotopic (exact) mass is 220 g/mol. The molecule has 16 heavy (non-hydrogen) atoms. The summed E-state index contributed by atoms with van der Waals surface area (Å²) in [6.45, 7) is 8.48. The highest BCUT2D eigenvalue weighted by Gasteiger charge is 2.24. The van der Waals surface area contributed by atoms with Gasteiger partial charge in [-0.15, -0.1) is 0 Å². The summed E-state index contributed by atoms with van der Waals surface area (Å²) < 4.78 is 5.80. The predicted octanol–water partition coefficient (Wildman–Crippen LogP) is 2.51. The molecule has 0 radical (unpaired) electrons. The van der Waals surface area contributed by atoms with Crippen molar-refractivity contribution in [2.45, 2.75) is 26.9 Å². The van der Waals surface area contributed by atoms with Gasteiger partial charge in [0, 0.05) is 6.54 Å². The quantitative estimate of drug-likeness (QED) is 0.778. The molecule has 1 aliphatic heterocycles. The first-order valence-corrected chi connectivity index (χ1v) is 5.88. The van der Waals surface area contributed by atoms with Gasteiger partial charge in [-0.1, -0.05) is 19.9 Å². The van der Waals surface area contributed by atoms with Crippen molar-refractivity contribution < 1.29 is 4.74 Å². The minimum atomic E-state index is 0.230. The second-order valence-corrected chi connectivity index (χ2v) is 4.92. The van der Waals surface area contributed by atoms with Crippen LogP contribution in [0.25, 0.3) is 0 Å². The molecule has 1 unspecified atom stereocenters. The molecule has 0 aromatic heterocycles. The van der Waals surface area contributed by atoms with E-state index in [1.807, 2.05) is 18.2 Å². The zero-order valence-electron chi connectivity index (χ0n) is 10.2. The Balaban J connectivity index is 2.35. The third-order valence-corrected chi connectivity index (χ3v) is 2.74. The molecular formula is C13H20N2O. The predicted molar refractivity (Wildman–Crippen MR) is 68.0 cm³/mol. The summed E-state index contributed by atoms with van der Waals surface area (Å²) in [5.41, 5.74) is 7.91. The molecule has 0 bridgehead atoms. The lowest BCUT2D eigenvalue weighted by molar-refractivity contribution is 0.211. The molecule has 0 amide bonds. The Bertz CT molecular complexity index is 376. The molecule has 3 heteroatoms. The molecule has 0 spiro atoms. The van der Waals surface area contributed by atoms with Crippen molar-refractivity contribution in [2.75, 3.05) is 23.7 Å². The molecule has 3 nitrogen and oxygen atoms in total. The van der Waals surface area contributed by atoms with Crippen molar-refractivity contribution >= 4 is 11.4 Å². The summed E-state index contributed by atoms with van der Waals surface area (Å²) in [7, 11) is 0. The summed E-state index contributed by atoms with van der Waals surface area (Å²) in [5, 5.41) is 0. The maximum atomic E-state index is 6.03. The van der Waals surface area contributed by atoms with Gasteiger partial charge in [0.05, 0.1) is 12.2 Å². The van der Waals surface area contributed by atoms with E-state index in [-0.39, 0.29) is 6.10 Å². The highest BCUT2D eigenvalue weighted by atomic mass is 16.5. The van der Waals surface area contributed by atoms with Crippen LogP contribution in [0.1, 0.15) is 20.8 Å². The van der Waals surface area contributed by atoms with Crippen molar-refractivity contribution in [2.24, 2.45) is 5.92 Å². The molecule has 1 atom stereocenters. The smallest absolute Gasteiger partial charge is 0.145 e. The van der Waals surface area contributed by atoms with Crippen molar-refractivity contribution in [1.82, 2.24) is 0 Å². The first kappa shape index (κ1) is 11.1. The van der Waals surface area contributed by atoms with E-state index in [0.717, 1.165) is 30.2 Å². The van der Waals surface area contributed by atoms with E-state index >= 15 is 0 Å². The van der Waals surface area contributed by atoms with Crippen LogP contribution in [0.3, 0.4) is 0 Å². The maximum absolute atomic E-state index is 6.03. The van der Waals surface area contributed by atoms with E-state index < -0.39 is 0 Å². The number of nitrogens with two attached hydrogens (primary N) is 1. The first-order chi connectivity index (χ1) is 7.58. The average molecular weight is 220 g/mol. The van der Waals surface area contributed by atoms with Gasteiger partial charge < -0.3 is 15.4 Å². The average Bonchev–Trinajstić information content (AvgIpc) is 2.15. The van der Waals surface area contributed by atoms with Crippen LogP contribution in [0.2, 0.25) is 0 Å². The highest BCUT2D eigenvalue weighted by molar-refractivity contribution is 5.75. The van der Waals surface area contributed by atoms with Crippen molar-refractivity contribution in [1.29, 1.82) is 0 Å². The second kappa shape index (κ2) is 4.24. The van der Waals surface area contributed by atoms with Crippen molar-refractivity contribution in [3.05, 3.63) is 18.2 Å². The van der Waals surface area contributed by atoms with E-state index in [2.05, 4.69) is 25.7 Å².